The molecule has 0 fully saturated rings. The molecule has 0 aliphatic rings. The Balaban J connectivity index is 2.91. The zero-order valence-corrected chi connectivity index (χ0v) is 21.4. The lowest BCUT2D eigenvalue weighted by atomic mass is 10.2. The number of nitrogens with two attached hydrogens (primary N) is 1. The highest BCUT2D eigenvalue weighted by Crippen LogP contribution is 2.27. The number of non-ortho nitro benzene ring substituents is 1. The molecule has 5 N–H and O–H groups in total. The van der Waals surface area contributed by atoms with Crippen molar-refractivity contribution < 1.29 is 13.9 Å². The van der Waals surface area contributed by atoms with Gasteiger partial charge in [0.25, 0.3) is 5.69 Å². The third kappa shape index (κ3) is 9.80. The summed E-state index contributed by atoms with van der Waals surface area (Å²) in [7, 11) is -3.13. The number of amidine groups is 1. The van der Waals surface area contributed by atoms with Crippen molar-refractivity contribution >= 4 is 60.0 Å². The Bertz CT molecular complexity index is 1060. The number of hydrogen-bond donors (Lipinski definition) is 4. The van der Waals surface area contributed by atoms with Crippen molar-refractivity contribution in [2.45, 2.75) is 24.7 Å². The maximum absolute atomic E-state index is 13.1. The Labute approximate surface area is 206 Å². The molecule has 0 heterocycles. The highest BCUT2D eigenvalue weighted by molar-refractivity contribution is 9.11. The molecule has 0 bridgehead atoms. The van der Waals surface area contributed by atoms with E-state index in [1.54, 1.807) is 13.0 Å². The van der Waals surface area contributed by atoms with Gasteiger partial charge in [-0.25, -0.2) is 14.0 Å². The van der Waals surface area contributed by atoms with Crippen molar-refractivity contribution in [1.82, 2.24) is 10.6 Å². The molecule has 0 saturated carbocycles. The van der Waals surface area contributed by atoms with Crippen LogP contribution in [0.3, 0.4) is 0 Å². The number of urea groups is 1. The number of benzene rings is 1. The fourth-order valence-electron chi connectivity index (χ4n) is 2.55. The number of carbonyl (C=O) groups excluding carboxylic acids is 1. The summed E-state index contributed by atoms with van der Waals surface area (Å²) in [6.45, 7) is 6.65. The van der Waals surface area contributed by atoms with Crippen LogP contribution in [0.2, 0.25) is 0 Å². The van der Waals surface area contributed by atoms with Crippen LogP contribution in [0.5, 0.6) is 0 Å². The van der Waals surface area contributed by atoms with E-state index in [0.29, 0.717) is 42.8 Å². The lowest BCUT2D eigenvalue weighted by molar-refractivity contribution is -0.384. The van der Waals surface area contributed by atoms with Crippen LogP contribution < -0.4 is 21.7 Å². The van der Waals surface area contributed by atoms with Crippen LogP contribution in [0, 0.1) is 10.1 Å². The second kappa shape index (κ2) is 13.8. The van der Waals surface area contributed by atoms with Crippen LogP contribution in [-0.2, 0) is 9.73 Å². The summed E-state index contributed by atoms with van der Waals surface area (Å²) in [5, 5.41) is 19.7. The van der Waals surface area contributed by atoms with Gasteiger partial charge in [0.05, 0.1) is 29.7 Å². The third-order valence-corrected chi connectivity index (χ3v) is 6.47. The number of carbonyl (C=O) groups is 1. The zero-order valence-electron chi connectivity index (χ0n) is 18.3. The molecule has 0 spiro atoms. The Kier molecular flexibility index (Phi) is 11.9. The number of amides is 2. The topological polar surface area (TPSA) is 164 Å². The van der Waals surface area contributed by atoms with Gasteiger partial charge < -0.3 is 21.7 Å². The second-order valence-electron chi connectivity index (χ2n) is 6.56. The predicted molar refractivity (Wildman–Crippen MR) is 136 cm³/mol. The number of nitro groups is 1. The second-order valence-corrected chi connectivity index (χ2v) is 10.0. The van der Waals surface area contributed by atoms with Crippen LogP contribution in [0.1, 0.15) is 19.8 Å². The maximum atomic E-state index is 13.1. The van der Waals surface area contributed by atoms with Crippen molar-refractivity contribution in [3.63, 3.8) is 0 Å². The SMILES string of the molecule is C=C/C(Br)=C(\N=C(/N)Cl)NCCCCNc1cc([N+](=O)[O-])ccc1S(C)(=O)=NC(=O)NCC. The summed E-state index contributed by atoms with van der Waals surface area (Å²) in [5.41, 5.74) is 5.52. The van der Waals surface area contributed by atoms with Gasteiger partial charge in [-0.2, -0.15) is 0 Å². The molecule has 1 atom stereocenters. The lowest BCUT2D eigenvalue weighted by Gasteiger charge is -2.14. The van der Waals surface area contributed by atoms with E-state index in [1.165, 1.54) is 24.5 Å². The number of aliphatic imine (C=N–C) groups is 1. The first-order chi connectivity index (χ1) is 15.5. The molecule has 2 amide bonds. The van der Waals surface area contributed by atoms with Crippen LogP contribution in [0.15, 0.2) is 55.4 Å². The van der Waals surface area contributed by atoms with Gasteiger partial charge in [0.15, 0.2) is 5.29 Å². The number of unbranched alkanes of at least 4 members (excludes halogenated alkanes) is 1. The molecule has 1 unspecified atom stereocenters. The third-order valence-electron chi connectivity index (χ3n) is 4.00. The predicted octanol–water partition coefficient (Wildman–Crippen LogP) is 3.87. The number of hydrogen-bond acceptors (Lipinski definition) is 7. The molecule has 0 aliphatic carbocycles. The van der Waals surface area contributed by atoms with Crippen molar-refractivity contribution in [1.29, 1.82) is 0 Å². The molecule has 1 rings (SSSR count). The molecule has 0 saturated heterocycles. The number of halogens is 2. The average Bonchev–Trinajstić information content (AvgIpc) is 2.73. The van der Waals surface area contributed by atoms with E-state index in [0.717, 1.165) is 0 Å². The standard InChI is InChI=1S/C19H27BrClN7O4S/c1-4-14(20)17(26-18(21)22)25-11-7-6-10-24-15-12-13(28(30)31)8-9-16(15)33(3,32)27-19(29)23-5-2/h4,8-9,12,24-25H,1,5-7,10-11H2,2-3H3,(H2,22,26)(H,23,29)/b17-14+. The van der Waals surface area contributed by atoms with Gasteiger partial charge in [-0.3, -0.25) is 10.1 Å². The van der Waals surface area contributed by atoms with Gasteiger partial charge in [0.1, 0.15) is 5.82 Å². The highest BCUT2D eigenvalue weighted by Gasteiger charge is 2.18. The van der Waals surface area contributed by atoms with Crippen LogP contribution in [0.25, 0.3) is 0 Å². The largest absolute Gasteiger partial charge is 0.384 e. The molecule has 0 aliphatic heterocycles. The van der Waals surface area contributed by atoms with Crippen molar-refractivity contribution in [3.05, 3.63) is 51.3 Å². The van der Waals surface area contributed by atoms with E-state index in [1.807, 2.05) is 0 Å². The van der Waals surface area contributed by atoms with Crippen LogP contribution in [0.4, 0.5) is 16.2 Å². The first-order valence-electron chi connectivity index (χ1n) is 9.79. The highest BCUT2D eigenvalue weighted by atomic mass is 79.9. The fraction of sp³-hybridized carbons (Fsp3) is 0.368. The molecular weight excluding hydrogens is 538 g/mol. The first kappa shape index (κ1) is 28.4. The molecule has 1 aromatic rings. The maximum Gasteiger partial charge on any atom is 0.349 e. The Morgan fingerprint density at radius 3 is 2.61 bits per heavy atom. The normalized spacial score (nSPS) is 13.9. The smallest absolute Gasteiger partial charge is 0.349 e. The Morgan fingerprint density at radius 1 is 1.36 bits per heavy atom. The summed E-state index contributed by atoms with van der Waals surface area (Å²) >= 11 is 8.93. The van der Waals surface area contributed by atoms with Crippen molar-refractivity contribution in [3.8, 4) is 0 Å². The lowest BCUT2D eigenvalue weighted by Crippen LogP contribution is -2.20. The summed E-state index contributed by atoms with van der Waals surface area (Å²) in [6.07, 6.45) is 4.21. The minimum absolute atomic E-state index is 0.127. The molecule has 14 heteroatoms. The number of nitrogens with one attached hydrogen (secondary N) is 3. The summed E-state index contributed by atoms with van der Waals surface area (Å²) in [5.74, 6) is 0.434. The van der Waals surface area contributed by atoms with Gasteiger partial charge in [-0.15, -0.1) is 4.36 Å². The van der Waals surface area contributed by atoms with Gasteiger partial charge >= 0.3 is 6.03 Å². The van der Waals surface area contributed by atoms with Gasteiger partial charge in [-0.1, -0.05) is 12.7 Å². The van der Waals surface area contributed by atoms with E-state index in [2.05, 4.69) is 47.8 Å². The van der Waals surface area contributed by atoms with E-state index < -0.39 is 20.7 Å². The first-order valence-corrected chi connectivity index (χ1v) is 12.9. The summed E-state index contributed by atoms with van der Waals surface area (Å²) in [6, 6.07) is 3.15. The molecule has 0 aromatic heterocycles. The molecule has 11 nitrogen and oxygen atoms in total. The minimum atomic E-state index is -3.13. The van der Waals surface area contributed by atoms with Crippen molar-refractivity contribution in [2.24, 2.45) is 15.1 Å². The van der Waals surface area contributed by atoms with Gasteiger partial charge in [0, 0.05) is 38.0 Å². The van der Waals surface area contributed by atoms with Crippen molar-refractivity contribution in [2.75, 3.05) is 31.2 Å². The Hall–Kier alpha value is -2.64. The summed E-state index contributed by atoms with van der Waals surface area (Å²) < 4.78 is 17.4. The van der Waals surface area contributed by atoms with Gasteiger partial charge in [0.2, 0.25) is 0 Å². The van der Waals surface area contributed by atoms with Gasteiger partial charge in [-0.05, 0) is 53.4 Å². The zero-order chi connectivity index (χ0) is 25.0. The van der Waals surface area contributed by atoms with Crippen LogP contribution >= 0.6 is 27.5 Å². The van der Waals surface area contributed by atoms with Crippen LogP contribution in [-0.4, -0.2) is 46.3 Å². The molecule has 182 valence electrons. The quantitative estimate of drug-likeness (QED) is 0.0569. The average molecular weight is 565 g/mol. The van der Waals surface area contributed by atoms with E-state index >= 15 is 0 Å². The molecule has 1 aromatic carbocycles. The molecule has 33 heavy (non-hydrogen) atoms. The Morgan fingerprint density at radius 2 is 2.03 bits per heavy atom. The van der Waals surface area contributed by atoms with E-state index in [4.69, 9.17) is 17.3 Å². The van der Waals surface area contributed by atoms with E-state index in [9.17, 15) is 19.1 Å². The molecule has 0 radical (unpaired) electrons. The minimum Gasteiger partial charge on any atom is -0.384 e. The fourth-order valence-corrected chi connectivity index (χ4v) is 4.20. The summed E-state index contributed by atoms with van der Waals surface area (Å²) in [4.78, 5) is 26.6. The molecular formula is C19H27BrClN7O4S. The number of nitro benzene ring substituents is 1. The number of rotatable bonds is 12. The van der Waals surface area contributed by atoms with E-state index in [-0.39, 0.29) is 21.6 Å². The number of allylic oxidation sites excluding steroid dienone is 2. The number of nitrogens with zero attached hydrogens (tertiary/aromatic N) is 3. The number of anilines is 1. The monoisotopic (exact) mass is 563 g/mol.